The molecule has 3 rings (SSSR count). The molecule has 0 saturated heterocycles. The molecule has 1 atom stereocenters. The van der Waals surface area contributed by atoms with E-state index in [9.17, 15) is 9.59 Å². The van der Waals surface area contributed by atoms with Crippen LogP contribution in [0.2, 0.25) is 0 Å². The Hall–Kier alpha value is -2.47. The Balaban J connectivity index is 1.60. The van der Waals surface area contributed by atoms with Crippen LogP contribution in [0, 0.1) is 5.92 Å². The molecule has 1 aliphatic rings. The molecular weight excluding hydrogens is 336 g/mol. The van der Waals surface area contributed by atoms with Crippen molar-refractivity contribution in [1.29, 1.82) is 0 Å². The van der Waals surface area contributed by atoms with E-state index in [0.717, 1.165) is 30.5 Å². The van der Waals surface area contributed by atoms with Gasteiger partial charge in [-0.3, -0.25) is 10.1 Å². The Morgan fingerprint density at radius 1 is 1.32 bits per heavy atom. The second-order valence-electron chi connectivity index (χ2n) is 6.17. The number of aromatic nitrogens is 1. The quantitative estimate of drug-likeness (QED) is 0.670. The first kappa shape index (κ1) is 17.4. The number of fused-ring (bicyclic) bond motifs is 1. The van der Waals surface area contributed by atoms with Crippen molar-refractivity contribution in [2.45, 2.75) is 26.2 Å². The van der Waals surface area contributed by atoms with Gasteiger partial charge in [-0.15, -0.1) is 11.3 Å². The van der Waals surface area contributed by atoms with E-state index in [1.165, 1.54) is 18.1 Å². The Morgan fingerprint density at radius 2 is 2.08 bits per heavy atom. The SMILES string of the molecule is COC(=O)c1ccc(/C=C/C(=O)Nc2nc3c(s2)C[C@H](C)CC3)cc1. The number of methoxy groups -OCH3 is 1. The normalized spacial score (nSPS) is 16.5. The van der Waals surface area contributed by atoms with Crippen LogP contribution in [0.5, 0.6) is 0 Å². The number of nitrogens with zero attached hydrogens (tertiary/aromatic N) is 1. The zero-order valence-corrected chi connectivity index (χ0v) is 15.1. The summed E-state index contributed by atoms with van der Waals surface area (Å²) in [6.45, 7) is 2.25. The van der Waals surface area contributed by atoms with Crippen LogP contribution in [-0.4, -0.2) is 24.0 Å². The Kier molecular flexibility index (Phi) is 5.28. The lowest BCUT2D eigenvalue weighted by molar-refractivity contribution is -0.111. The summed E-state index contributed by atoms with van der Waals surface area (Å²) in [5, 5.41) is 3.49. The van der Waals surface area contributed by atoms with Gasteiger partial charge in [0.05, 0.1) is 18.4 Å². The first-order chi connectivity index (χ1) is 12.0. The third-order valence-corrected chi connectivity index (χ3v) is 5.21. The summed E-state index contributed by atoms with van der Waals surface area (Å²) in [6, 6.07) is 6.86. The van der Waals surface area contributed by atoms with Gasteiger partial charge in [0.2, 0.25) is 5.91 Å². The third kappa shape index (κ3) is 4.33. The lowest BCUT2D eigenvalue weighted by atomic mass is 9.93. The smallest absolute Gasteiger partial charge is 0.337 e. The number of thiazole rings is 1. The molecule has 1 aliphatic carbocycles. The topological polar surface area (TPSA) is 68.3 Å². The van der Waals surface area contributed by atoms with E-state index in [0.29, 0.717) is 16.6 Å². The van der Waals surface area contributed by atoms with E-state index >= 15 is 0 Å². The molecule has 1 amide bonds. The van der Waals surface area contributed by atoms with Gasteiger partial charge in [0.25, 0.3) is 0 Å². The maximum Gasteiger partial charge on any atom is 0.337 e. The molecule has 6 heteroatoms. The van der Waals surface area contributed by atoms with Gasteiger partial charge < -0.3 is 4.74 Å². The molecule has 0 unspecified atom stereocenters. The molecule has 130 valence electrons. The summed E-state index contributed by atoms with van der Waals surface area (Å²) in [5.41, 5.74) is 2.43. The number of anilines is 1. The summed E-state index contributed by atoms with van der Waals surface area (Å²) in [5.74, 6) is 0.0934. The van der Waals surface area contributed by atoms with Crippen LogP contribution in [0.1, 0.15) is 39.8 Å². The predicted molar refractivity (Wildman–Crippen MR) is 98.7 cm³/mol. The summed E-state index contributed by atoms with van der Waals surface area (Å²) >= 11 is 1.57. The van der Waals surface area contributed by atoms with E-state index in [2.05, 4.69) is 22.0 Å². The van der Waals surface area contributed by atoms with Gasteiger partial charge in [-0.1, -0.05) is 19.1 Å². The summed E-state index contributed by atoms with van der Waals surface area (Å²) in [6.07, 6.45) is 6.37. The van der Waals surface area contributed by atoms with Crippen molar-refractivity contribution in [3.05, 3.63) is 52.0 Å². The van der Waals surface area contributed by atoms with Crippen molar-refractivity contribution in [2.75, 3.05) is 12.4 Å². The molecule has 2 aromatic rings. The maximum absolute atomic E-state index is 12.1. The molecule has 25 heavy (non-hydrogen) atoms. The van der Waals surface area contributed by atoms with E-state index < -0.39 is 0 Å². The molecule has 5 nitrogen and oxygen atoms in total. The standard InChI is InChI=1S/C19H20N2O3S/c1-12-3-9-15-16(11-12)25-19(20-15)21-17(22)10-6-13-4-7-14(8-5-13)18(23)24-2/h4-8,10,12H,3,9,11H2,1-2H3,(H,20,21,22)/b10-6+/t12-/m1/s1. The Labute approximate surface area is 150 Å². The highest BCUT2D eigenvalue weighted by molar-refractivity contribution is 7.15. The van der Waals surface area contributed by atoms with E-state index in [1.807, 2.05) is 0 Å². The predicted octanol–water partition coefficient (Wildman–Crippen LogP) is 3.71. The van der Waals surface area contributed by atoms with Gasteiger partial charge in [0, 0.05) is 11.0 Å². The summed E-state index contributed by atoms with van der Waals surface area (Å²) < 4.78 is 4.65. The van der Waals surface area contributed by atoms with Crippen molar-refractivity contribution in [3.63, 3.8) is 0 Å². The lowest BCUT2D eigenvalue weighted by Gasteiger charge is -2.15. The highest BCUT2D eigenvalue weighted by Crippen LogP contribution is 2.32. The van der Waals surface area contributed by atoms with Crippen LogP contribution in [0.4, 0.5) is 5.13 Å². The highest BCUT2D eigenvalue weighted by Gasteiger charge is 2.20. The van der Waals surface area contributed by atoms with Gasteiger partial charge in [-0.2, -0.15) is 0 Å². The molecule has 1 N–H and O–H groups in total. The monoisotopic (exact) mass is 356 g/mol. The van der Waals surface area contributed by atoms with Crippen molar-refractivity contribution >= 4 is 34.4 Å². The molecule has 1 aromatic carbocycles. The Bertz CT molecular complexity index is 809. The maximum atomic E-state index is 12.1. The van der Waals surface area contributed by atoms with Crippen LogP contribution >= 0.6 is 11.3 Å². The Morgan fingerprint density at radius 3 is 2.80 bits per heavy atom. The van der Waals surface area contributed by atoms with Crippen molar-refractivity contribution < 1.29 is 14.3 Å². The largest absolute Gasteiger partial charge is 0.465 e. The molecular formula is C19H20N2O3S. The number of carbonyl (C=O) groups is 2. The molecule has 0 spiro atoms. The van der Waals surface area contributed by atoms with Crippen LogP contribution in [0.25, 0.3) is 6.08 Å². The number of nitrogens with one attached hydrogen (secondary N) is 1. The van der Waals surface area contributed by atoms with E-state index in [4.69, 9.17) is 0 Å². The van der Waals surface area contributed by atoms with Crippen LogP contribution in [-0.2, 0) is 22.4 Å². The van der Waals surface area contributed by atoms with Gasteiger partial charge >= 0.3 is 5.97 Å². The number of amides is 1. The molecule has 1 aromatic heterocycles. The number of rotatable bonds is 4. The zero-order valence-electron chi connectivity index (χ0n) is 14.2. The number of esters is 1. The minimum absolute atomic E-state index is 0.212. The summed E-state index contributed by atoms with van der Waals surface area (Å²) in [4.78, 5) is 29.3. The molecule has 1 heterocycles. The lowest BCUT2D eigenvalue weighted by Crippen LogP contribution is -2.09. The minimum Gasteiger partial charge on any atom is -0.465 e. The van der Waals surface area contributed by atoms with Crippen molar-refractivity contribution in [3.8, 4) is 0 Å². The van der Waals surface area contributed by atoms with Crippen LogP contribution in [0.3, 0.4) is 0 Å². The second kappa shape index (κ2) is 7.61. The average Bonchev–Trinajstić information content (AvgIpc) is 3.01. The molecule has 0 aliphatic heterocycles. The molecule has 0 saturated carbocycles. The number of ether oxygens (including phenoxy) is 1. The van der Waals surface area contributed by atoms with E-state index in [-0.39, 0.29) is 11.9 Å². The first-order valence-corrected chi connectivity index (χ1v) is 9.03. The molecule has 0 radical (unpaired) electrons. The fraction of sp³-hybridized carbons (Fsp3) is 0.316. The van der Waals surface area contributed by atoms with Gasteiger partial charge in [0.15, 0.2) is 5.13 Å². The molecule has 0 fully saturated rings. The fourth-order valence-corrected chi connectivity index (χ4v) is 3.93. The fourth-order valence-electron chi connectivity index (χ4n) is 2.76. The van der Waals surface area contributed by atoms with Crippen LogP contribution in [0.15, 0.2) is 30.3 Å². The first-order valence-electron chi connectivity index (χ1n) is 8.21. The van der Waals surface area contributed by atoms with E-state index in [1.54, 1.807) is 41.7 Å². The number of benzene rings is 1. The number of hydrogen-bond acceptors (Lipinski definition) is 5. The number of carbonyl (C=O) groups excluding carboxylic acids is 2. The van der Waals surface area contributed by atoms with Crippen molar-refractivity contribution in [1.82, 2.24) is 4.98 Å². The minimum atomic E-state index is -0.379. The van der Waals surface area contributed by atoms with Crippen LogP contribution < -0.4 is 5.32 Å². The molecule has 0 bridgehead atoms. The van der Waals surface area contributed by atoms with Crippen molar-refractivity contribution in [2.24, 2.45) is 5.92 Å². The van der Waals surface area contributed by atoms with Gasteiger partial charge in [-0.25, -0.2) is 9.78 Å². The zero-order chi connectivity index (χ0) is 17.8. The number of aryl methyl sites for hydroxylation is 1. The van der Waals surface area contributed by atoms with Gasteiger partial charge in [-0.05, 0) is 49.0 Å². The second-order valence-corrected chi connectivity index (χ2v) is 7.26. The van der Waals surface area contributed by atoms with Gasteiger partial charge in [0.1, 0.15) is 0 Å². The highest BCUT2D eigenvalue weighted by atomic mass is 32.1. The average molecular weight is 356 g/mol. The summed E-state index contributed by atoms with van der Waals surface area (Å²) in [7, 11) is 1.34. The number of hydrogen-bond donors (Lipinski definition) is 1. The third-order valence-electron chi connectivity index (χ3n) is 4.18.